The summed E-state index contributed by atoms with van der Waals surface area (Å²) in [6.07, 6.45) is -4.88. The summed E-state index contributed by atoms with van der Waals surface area (Å²) < 4.78 is 44.2. The molecule has 4 nitrogen and oxygen atoms in total. The van der Waals surface area contributed by atoms with Gasteiger partial charge in [0.1, 0.15) is 5.75 Å². The molecule has 1 aromatic carbocycles. The van der Waals surface area contributed by atoms with Crippen LogP contribution in [0.25, 0.3) is 0 Å². The van der Waals surface area contributed by atoms with Crippen LogP contribution >= 0.6 is 0 Å². The molecular weight excluding hydrogens is 251 g/mol. The Kier molecular flexibility index (Phi) is 4.55. The molecule has 0 saturated carbocycles. The predicted molar refractivity (Wildman–Crippen MR) is 56.7 cm³/mol. The highest BCUT2D eigenvalue weighted by molar-refractivity contribution is 5.70. The third-order valence-corrected chi connectivity index (χ3v) is 2.13. The third kappa shape index (κ3) is 4.62. The molecule has 1 atom stereocenters. The second-order valence-electron chi connectivity index (χ2n) is 3.51. The van der Waals surface area contributed by atoms with Crippen LogP contribution in [-0.2, 0) is 9.53 Å². The van der Waals surface area contributed by atoms with E-state index in [1.54, 1.807) is 0 Å². The monoisotopic (exact) mass is 263 g/mol. The van der Waals surface area contributed by atoms with Crippen molar-refractivity contribution in [3.05, 3.63) is 29.8 Å². The van der Waals surface area contributed by atoms with E-state index in [2.05, 4.69) is 9.47 Å². The molecule has 1 rings (SSSR count). The zero-order chi connectivity index (χ0) is 13.8. The summed E-state index contributed by atoms with van der Waals surface area (Å²) in [6.45, 7) is 0. The maximum absolute atomic E-state index is 12.0. The van der Waals surface area contributed by atoms with Gasteiger partial charge in [-0.25, -0.2) is 0 Å². The van der Waals surface area contributed by atoms with Crippen molar-refractivity contribution in [3.63, 3.8) is 0 Å². The van der Waals surface area contributed by atoms with E-state index in [4.69, 9.17) is 5.73 Å². The number of ether oxygens (including phenoxy) is 2. The van der Waals surface area contributed by atoms with Crippen LogP contribution in [0.1, 0.15) is 18.0 Å². The molecule has 0 aliphatic heterocycles. The summed E-state index contributed by atoms with van der Waals surface area (Å²) in [4.78, 5) is 11.0. The molecule has 0 saturated heterocycles. The van der Waals surface area contributed by atoms with Gasteiger partial charge >= 0.3 is 12.3 Å². The van der Waals surface area contributed by atoms with E-state index in [1.165, 1.54) is 19.2 Å². The quantitative estimate of drug-likeness (QED) is 0.845. The number of halogens is 3. The minimum absolute atomic E-state index is 0.119. The number of carbonyl (C=O) groups is 1. The van der Waals surface area contributed by atoms with Gasteiger partial charge in [0.2, 0.25) is 0 Å². The van der Waals surface area contributed by atoms with Crippen LogP contribution < -0.4 is 10.5 Å². The van der Waals surface area contributed by atoms with Gasteiger partial charge in [-0.3, -0.25) is 4.79 Å². The van der Waals surface area contributed by atoms with E-state index in [0.717, 1.165) is 12.1 Å². The van der Waals surface area contributed by atoms with Gasteiger partial charge in [-0.1, -0.05) is 12.1 Å². The Morgan fingerprint density at radius 3 is 2.67 bits per heavy atom. The summed E-state index contributed by atoms with van der Waals surface area (Å²) in [6, 6.07) is 4.43. The first-order chi connectivity index (χ1) is 8.31. The number of rotatable bonds is 4. The molecule has 1 aromatic rings. The molecule has 0 aliphatic carbocycles. The molecule has 0 bridgehead atoms. The topological polar surface area (TPSA) is 61.5 Å². The first kappa shape index (κ1) is 14.3. The highest BCUT2D eigenvalue weighted by Crippen LogP contribution is 2.25. The zero-order valence-electron chi connectivity index (χ0n) is 9.53. The van der Waals surface area contributed by atoms with Crippen LogP contribution in [0.4, 0.5) is 13.2 Å². The Hall–Kier alpha value is -1.76. The summed E-state index contributed by atoms with van der Waals surface area (Å²) in [5.41, 5.74) is 6.03. The Balaban J connectivity index is 2.78. The third-order valence-electron chi connectivity index (χ3n) is 2.13. The minimum Gasteiger partial charge on any atom is -0.469 e. The summed E-state index contributed by atoms with van der Waals surface area (Å²) in [5, 5.41) is 0. The summed E-state index contributed by atoms with van der Waals surface area (Å²) in [5.74, 6) is -0.912. The molecule has 0 aliphatic rings. The maximum Gasteiger partial charge on any atom is 0.573 e. The Morgan fingerprint density at radius 2 is 2.11 bits per heavy atom. The van der Waals surface area contributed by atoms with E-state index in [1.807, 2.05) is 0 Å². The summed E-state index contributed by atoms with van der Waals surface area (Å²) in [7, 11) is 1.21. The second kappa shape index (κ2) is 5.72. The van der Waals surface area contributed by atoms with E-state index < -0.39 is 18.4 Å². The van der Waals surface area contributed by atoms with Crippen molar-refractivity contribution in [2.75, 3.05) is 7.11 Å². The molecule has 2 N–H and O–H groups in total. The van der Waals surface area contributed by atoms with Crippen molar-refractivity contribution in [2.45, 2.75) is 18.8 Å². The average Bonchev–Trinajstić information content (AvgIpc) is 2.26. The molecule has 7 heteroatoms. The van der Waals surface area contributed by atoms with Gasteiger partial charge in [-0.2, -0.15) is 0 Å². The van der Waals surface area contributed by atoms with Crippen molar-refractivity contribution < 1.29 is 27.4 Å². The van der Waals surface area contributed by atoms with Gasteiger partial charge < -0.3 is 15.2 Å². The molecule has 0 amide bonds. The summed E-state index contributed by atoms with van der Waals surface area (Å²) >= 11 is 0. The predicted octanol–water partition coefficient (Wildman–Crippen LogP) is 2.15. The van der Waals surface area contributed by atoms with Crippen LogP contribution in [0, 0.1) is 0 Å². The van der Waals surface area contributed by atoms with Crippen molar-refractivity contribution in [1.82, 2.24) is 0 Å². The largest absolute Gasteiger partial charge is 0.573 e. The first-order valence-corrected chi connectivity index (χ1v) is 5.00. The number of hydrogen-bond acceptors (Lipinski definition) is 4. The van der Waals surface area contributed by atoms with Gasteiger partial charge in [0.15, 0.2) is 0 Å². The molecule has 0 spiro atoms. The smallest absolute Gasteiger partial charge is 0.469 e. The van der Waals surface area contributed by atoms with Crippen molar-refractivity contribution in [3.8, 4) is 5.75 Å². The number of carbonyl (C=O) groups excluding carboxylic acids is 1. The highest BCUT2D eigenvalue weighted by atomic mass is 19.4. The molecule has 100 valence electrons. The van der Waals surface area contributed by atoms with Crippen molar-refractivity contribution in [2.24, 2.45) is 5.73 Å². The van der Waals surface area contributed by atoms with Crippen LogP contribution in [0.15, 0.2) is 24.3 Å². The first-order valence-electron chi connectivity index (χ1n) is 5.00. The normalized spacial score (nSPS) is 12.9. The number of alkyl halides is 3. The Morgan fingerprint density at radius 1 is 1.44 bits per heavy atom. The number of esters is 1. The standard InChI is InChI=1S/C11H12F3NO3/c1-17-10(16)6-9(15)7-3-2-4-8(5-7)18-11(12,13)14/h2-5,9H,6,15H2,1H3/t9-/m1/s1. The lowest BCUT2D eigenvalue weighted by Gasteiger charge is -2.13. The minimum atomic E-state index is -4.76. The van der Waals surface area contributed by atoms with E-state index in [0.29, 0.717) is 5.56 Å². The van der Waals surface area contributed by atoms with Gasteiger partial charge in [-0.05, 0) is 17.7 Å². The number of nitrogens with two attached hydrogens (primary N) is 1. The van der Waals surface area contributed by atoms with Gasteiger partial charge in [0.05, 0.1) is 13.5 Å². The van der Waals surface area contributed by atoms with E-state index >= 15 is 0 Å². The molecule has 18 heavy (non-hydrogen) atoms. The van der Waals surface area contributed by atoms with Crippen LogP contribution in [0.3, 0.4) is 0 Å². The lowest BCUT2D eigenvalue weighted by Crippen LogP contribution is -2.19. The zero-order valence-corrected chi connectivity index (χ0v) is 9.53. The van der Waals surface area contributed by atoms with Gasteiger partial charge in [0, 0.05) is 6.04 Å². The lowest BCUT2D eigenvalue weighted by atomic mass is 10.0. The molecular formula is C11H12F3NO3. The molecule has 0 fully saturated rings. The average molecular weight is 263 g/mol. The SMILES string of the molecule is COC(=O)C[C@@H](N)c1cccc(OC(F)(F)F)c1. The van der Waals surface area contributed by atoms with Crippen LogP contribution in [0.2, 0.25) is 0 Å². The van der Waals surface area contributed by atoms with Gasteiger partial charge in [0.25, 0.3) is 0 Å². The number of benzene rings is 1. The lowest BCUT2D eigenvalue weighted by molar-refractivity contribution is -0.274. The second-order valence-corrected chi connectivity index (χ2v) is 3.51. The molecule has 0 aromatic heterocycles. The fourth-order valence-corrected chi connectivity index (χ4v) is 1.32. The fourth-order valence-electron chi connectivity index (χ4n) is 1.32. The van der Waals surface area contributed by atoms with Crippen molar-refractivity contribution >= 4 is 5.97 Å². The fraction of sp³-hybridized carbons (Fsp3) is 0.364. The van der Waals surface area contributed by atoms with E-state index in [-0.39, 0.29) is 12.2 Å². The Bertz CT molecular complexity index is 420. The van der Waals surface area contributed by atoms with Gasteiger partial charge in [-0.15, -0.1) is 13.2 Å². The number of methoxy groups -OCH3 is 1. The maximum atomic E-state index is 12.0. The number of hydrogen-bond donors (Lipinski definition) is 1. The van der Waals surface area contributed by atoms with Crippen molar-refractivity contribution in [1.29, 1.82) is 0 Å². The van der Waals surface area contributed by atoms with Crippen LogP contribution in [-0.4, -0.2) is 19.4 Å². The Labute approximate surface area is 101 Å². The molecule has 0 unspecified atom stereocenters. The van der Waals surface area contributed by atoms with E-state index in [9.17, 15) is 18.0 Å². The molecule has 0 radical (unpaired) electrons. The molecule has 0 heterocycles. The van der Waals surface area contributed by atoms with Crippen LogP contribution in [0.5, 0.6) is 5.75 Å². The highest BCUT2D eigenvalue weighted by Gasteiger charge is 2.31.